The highest BCUT2D eigenvalue weighted by Gasteiger charge is 2.28. The fourth-order valence-electron chi connectivity index (χ4n) is 2.45. The van der Waals surface area contributed by atoms with Gasteiger partial charge in [-0.3, -0.25) is 0 Å². The quantitative estimate of drug-likeness (QED) is 0.830. The highest BCUT2D eigenvalue weighted by molar-refractivity contribution is 7.89. The van der Waals surface area contributed by atoms with Crippen LogP contribution in [0.2, 0.25) is 0 Å². The van der Waals surface area contributed by atoms with Crippen LogP contribution >= 0.6 is 0 Å². The predicted octanol–water partition coefficient (Wildman–Crippen LogP) is 1.50. The fraction of sp³-hybridized carbons (Fsp3) is 0.467. The standard InChI is InChI=1S/C15H19NO3S/c1-12-4-2-6-15(12)16-20(18,19)14-9-7-13(8-10-14)5-3-11-17/h7-10,12,15-17H,2,4,6,11H2,1H3. The van der Waals surface area contributed by atoms with Crippen LogP contribution in [0.3, 0.4) is 0 Å². The van der Waals surface area contributed by atoms with Crippen molar-refractivity contribution in [3.05, 3.63) is 29.8 Å². The largest absolute Gasteiger partial charge is 0.384 e. The average Bonchev–Trinajstić information content (AvgIpc) is 2.82. The molecule has 1 aromatic carbocycles. The fourth-order valence-corrected chi connectivity index (χ4v) is 3.83. The van der Waals surface area contributed by atoms with Gasteiger partial charge in [-0.25, -0.2) is 13.1 Å². The average molecular weight is 293 g/mol. The van der Waals surface area contributed by atoms with Gasteiger partial charge >= 0.3 is 0 Å². The Morgan fingerprint density at radius 2 is 2.00 bits per heavy atom. The van der Waals surface area contributed by atoms with E-state index in [0.29, 0.717) is 11.5 Å². The third kappa shape index (κ3) is 3.60. The first-order valence-electron chi connectivity index (χ1n) is 6.75. The van der Waals surface area contributed by atoms with Crippen LogP contribution in [-0.2, 0) is 10.0 Å². The molecule has 0 radical (unpaired) electrons. The number of hydrogen-bond acceptors (Lipinski definition) is 3. The van der Waals surface area contributed by atoms with Crippen molar-refractivity contribution in [2.45, 2.75) is 37.1 Å². The minimum Gasteiger partial charge on any atom is -0.384 e. The maximum absolute atomic E-state index is 12.3. The Bertz CT molecular complexity index is 611. The molecule has 2 atom stereocenters. The van der Waals surface area contributed by atoms with E-state index >= 15 is 0 Å². The second kappa shape index (κ2) is 6.40. The third-order valence-corrected chi connectivity index (χ3v) is 5.15. The molecule has 0 aliphatic heterocycles. The lowest BCUT2D eigenvalue weighted by Crippen LogP contribution is -2.36. The number of rotatable bonds is 3. The topological polar surface area (TPSA) is 66.4 Å². The molecule has 5 heteroatoms. The van der Waals surface area contributed by atoms with Crippen LogP contribution in [0.1, 0.15) is 31.7 Å². The predicted molar refractivity (Wildman–Crippen MR) is 77.5 cm³/mol. The third-order valence-electron chi connectivity index (χ3n) is 3.64. The first kappa shape index (κ1) is 15.0. The molecule has 2 N–H and O–H groups in total. The van der Waals surface area contributed by atoms with E-state index in [1.807, 2.05) is 0 Å². The SMILES string of the molecule is CC1CCCC1NS(=O)(=O)c1ccc(C#CCO)cc1. The van der Waals surface area contributed by atoms with Gasteiger partial charge in [0, 0.05) is 11.6 Å². The van der Waals surface area contributed by atoms with Crippen LogP contribution in [0.15, 0.2) is 29.2 Å². The summed E-state index contributed by atoms with van der Waals surface area (Å²) in [6.07, 6.45) is 3.05. The molecule has 1 aromatic rings. The molecule has 1 fully saturated rings. The molecule has 20 heavy (non-hydrogen) atoms. The van der Waals surface area contributed by atoms with Gasteiger partial charge in [-0.15, -0.1) is 0 Å². The van der Waals surface area contributed by atoms with Crippen LogP contribution in [0.5, 0.6) is 0 Å². The molecule has 0 bridgehead atoms. The summed E-state index contributed by atoms with van der Waals surface area (Å²) in [6, 6.07) is 6.42. The molecular weight excluding hydrogens is 274 g/mol. The van der Waals surface area contributed by atoms with E-state index in [1.165, 1.54) is 0 Å². The van der Waals surface area contributed by atoms with Gasteiger partial charge in [0.2, 0.25) is 10.0 Å². The van der Waals surface area contributed by atoms with Crippen LogP contribution in [0.25, 0.3) is 0 Å². The minimum atomic E-state index is -3.46. The molecule has 0 heterocycles. The highest BCUT2D eigenvalue weighted by Crippen LogP contribution is 2.26. The normalized spacial score (nSPS) is 22.3. The van der Waals surface area contributed by atoms with E-state index < -0.39 is 10.0 Å². The summed E-state index contributed by atoms with van der Waals surface area (Å²) in [4.78, 5) is 0.256. The molecule has 4 nitrogen and oxygen atoms in total. The van der Waals surface area contributed by atoms with Gasteiger partial charge in [0.1, 0.15) is 6.61 Å². The van der Waals surface area contributed by atoms with Gasteiger partial charge in [0.25, 0.3) is 0 Å². The van der Waals surface area contributed by atoms with E-state index in [0.717, 1.165) is 19.3 Å². The first-order chi connectivity index (χ1) is 9.53. The van der Waals surface area contributed by atoms with Crippen LogP contribution in [-0.4, -0.2) is 26.2 Å². The van der Waals surface area contributed by atoms with E-state index in [-0.39, 0.29) is 17.5 Å². The molecule has 0 spiro atoms. The maximum atomic E-state index is 12.3. The molecule has 0 aromatic heterocycles. The zero-order chi connectivity index (χ0) is 14.6. The van der Waals surface area contributed by atoms with Crippen molar-refractivity contribution < 1.29 is 13.5 Å². The van der Waals surface area contributed by atoms with Crippen LogP contribution in [0.4, 0.5) is 0 Å². The monoisotopic (exact) mass is 293 g/mol. The molecule has 2 rings (SSSR count). The van der Waals surface area contributed by atoms with Crippen molar-refractivity contribution in [1.82, 2.24) is 4.72 Å². The Labute approximate surface area is 120 Å². The number of benzene rings is 1. The van der Waals surface area contributed by atoms with Gasteiger partial charge in [0.05, 0.1) is 4.90 Å². The summed E-state index contributed by atoms with van der Waals surface area (Å²) in [5, 5.41) is 8.62. The zero-order valence-corrected chi connectivity index (χ0v) is 12.3. The van der Waals surface area contributed by atoms with E-state index in [2.05, 4.69) is 23.5 Å². The van der Waals surface area contributed by atoms with Gasteiger partial charge < -0.3 is 5.11 Å². The lowest BCUT2D eigenvalue weighted by Gasteiger charge is -2.17. The summed E-state index contributed by atoms with van der Waals surface area (Å²) < 4.78 is 27.3. The van der Waals surface area contributed by atoms with E-state index in [9.17, 15) is 8.42 Å². The summed E-state index contributed by atoms with van der Waals surface area (Å²) in [5.74, 6) is 5.65. The Kier molecular flexibility index (Phi) is 4.81. The van der Waals surface area contributed by atoms with Crippen molar-refractivity contribution in [1.29, 1.82) is 0 Å². The Morgan fingerprint density at radius 3 is 2.55 bits per heavy atom. The van der Waals surface area contributed by atoms with Crippen molar-refractivity contribution in [3.8, 4) is 11.8 Å². The van der Waals surface area contributed by atoms with Crippen LogP contribution in [0, 0.1) is 17.8 Å². The minimum absolute atomic E-state index is 0.0360. The molecule has 1 saturated carbocycles. The summed E-state index contributed by atoms with van der Waals surface area (Å²) in [6.45, 7) is 1.87. The Hall–Kier alpha value is -1.35. The second-order valence-electron chi connectivity index (χ2n) is 5.12. The highest BCUT2D eigenvalue weighted by atomic mass is 32.2. The molecule has 2 unspecified atom stereocenters. The molecule has 1 aliphatic rings. The van der Waals surface area contributed by atoms with Crippen molar-refractivity contribution in [3.63, 3.8) is 0 Å². The number of hydrogen-bond donors (Lipinski definition) is 2. The zero-order valence-electron chi connectivity index (χ0n) is 11.5. The first-order valence-corrected chi connectivity index (χ1v) is 8.23. The number of aliphatic hydroxyl groups is 1. The molecular formula is C15H19NO3S. The molecule has 108 valence electrons. The lowest BCUT2D eigenvalue weighted by molar-refractivity contribution is 0.350. The molecule has 1 aliphatic carbocycles. The molecule has 0 saturated heterocycles. The van der Waals surface area contributed by atoms with Crippen molar-refractivity contribution in [2.75, 3.05) is 6.61 Å². The smallest absolute Gasteiger partial charge is 0.240 e. The van der Waals surface area contributed by atoms with Crippen molar-refractivity contribution >= 4 is 10.0 Å². The number of nitrogens with one attached hydrogen (secondary N) is 1. The Morgan fingerprint density at radius 1 is 1.30 bits per heavy atom. The van der Waals surface area contributed by atoms with Gasteiger partial charge in [-0.2, -0.15) is 0 Å². The second-order valence-corrected chi connectivity index (χ2v) is 6.83. The summed E-state index contributed by atoms with van der Waals surface area (Å²) in [7, 11) is -3.46. The van der Waals surface area contributed by atoms with E-state index in [1.54, 1.807) is 24.3 Å². The number of aliphatic hydroxyl groups excluding tert-OH is 1. The molecule has 0 amide bonds. The Balaban J connectivity index is 2.13. The van der Waals surface area contributed by atoms with Gasteiger partial charge in [-0.05, 0) is 43.0 Å². The summed E-state index contributed by atoms with van der Waals surface area (Å²) in [5.41, 5.74) is 0.687. The maximum Gasteiger partial charge on any atom is 0.240 e. The van der Waals surface area contributed by atoms with Gasteiger partial charge in [0.15, 0.2) is 0 Å². The van der Waals surface area contributed by atoms with Gasteiger partial charge in [-0.1, -0.05) is 25.2 Å². The lowest BCUT2D eigenvalue weighted by atomic mass is 10.1. The van der Waals surface area contributed by atoms with Crippen molar-refractivity contribution in [2.24, 2.45) is 5.92 Å². The summed E-state index contributed by atoms with van der Waals surface area (Å²) >= 11 is 0. The number of sulfonamides is 1. The van der Waals surface area contributed by atoms with Crippen LogP contribution < -0.4 is 4.72 Å². The van der Waals surface area contributed by atoms with E-state index in [4.69, 9.17) is 5.11 Å².